The lowest BCUT2D eigenvalue weighted by Crippen LogP contribution is -2.35. The Labute approximate surface area is 214 Å². The van der Waals surface area contributed by atoms with Crippen molar-refractivity contribution in [2.75, 3.05) is 46.7 Å². The number of rotatable bonds is 10. The number of benzene rings is 1. The first-order valence-corrected chi connectivity index (χ1v) is 11.5. The summed E-state index contributed by atoms with van der Waals surface area (Å²) in [5.74, 6) is -1.000. The van der Waals surface area contributed by atoms with Crippen molar-refractivity contribution in [2.45, 2.75) is 6.42 Å². The highest BCUT2D eigenvalue weighted by molar-refractivity contribution is 6.30. The number of nitrogens with two attached hydrogens (primary N) is 2. The Hall–Kier alpha value is -3.76. The Bertz CT molecular complexity index is 1310. The molecule has 9 nitrogen and oxygen atoms in total. The Morgan fingerprint density at radius 1 is 1.25 bits per heavy atom. The first-order valence-electron chi connectivity index (χ1n) is 11.2. The topological polar surface area (TPSA) is 128 Å². The van der Waals surface area contributed by atoms with E-state index in [-0.39, 0.29) is 22.8 Å². The van der Waals surface area contributed by atoms with Crippen LogP contribution in [0.15, 0.2) is 54.2 Å². The number of allylic oxidation sites excluding steroid dienone is 1. The van der Waals surface area contributed by atoms with Crippen molar-refractivity contribution >= 4 is 40.0 Å². The molecule has 192 valence electrons. The number of nitrogens with one attached hydrogen (secondary N) is 2. The molecule has 2 aromatic heterocycles. The molecule has 3 rings (SSSR count). The summed E-state index contributed by atoms with van der Waals surface area (Å²) in [7, 11) is 7.55. The molecule has 0 aliphatic carbocycles. The molecule has 0 aliphatic heterocycles. The van der Waals surface area contributed by atoms with Crippen LogP contribution >= 0.6 is 11.6 Å². The monoisotopic (exact) mass is 517 g/mol. The van der Waals surface area contributed by atoms with Crippen LogP contribution in [-0.2, 0) is 9.47 Å². The van der Waals surface area contributed by atoms with Crippen LogP contribution in [0, 0.1) is 5.82 Å². The lowest BCUT2D eigenvalue weighted by Gasteiger charge is -2.23. The van der Waals surface area contributed by atoms with Gasteiger partial charge >= 0.3 is 5.97 Å². The molecule has 2 heterocycles. The highest BCUT2D eigenvalue weighted by atomic mass is 35.5. The van der Waals surface area contributed by atoms with E-state index in [1.54, 1.807) is 18.3 Å². The summed E-state index contributed by atoms with van der Waals surface area (Å²) in [6.07, 6.45) is 3.80. The molecule has 11 heteroatoms. The maximum Gasteiger partial charge on any atom is 0.354 e. The average Bonchev–Trinajstić information content (AvgIpc) is 3.27. The summed E-state index contributed by atoms with van der Waals surface area (Å²) in [6, 6.07) is 7.41. The van der Waals surface area contributed by atoms with E-state index in [0.717, 1.165) is 17.4 Å². The van der Waals surface area contributed by atoms with Gasteiger partial charge in [-0.2, -0.15) is 0 Å². The minimum Gasteiger partial charge on any atom is -0.478 e. The van der Waals surface area contributed by atoms with Gasteiger partial charge in [-0.1, -0.05) is 11.6 Å². The van der Waals surface area contributed by atoms with Crippen LogP contribution in [0.5, 0.6) is 0 Å². The molecule has 0 saturated heterocycles. The Kier molecular flexibility index (Phi) is 8.44. The first-order chi connectivity index (χ1) is 17.0. The van der Waals surface area contributed by atoms with Crippen LogP contribution in [0.25, 0.3) is 16.7 Å². The van der Waals surface area contributed by atoms with E-state index in [1.165, 1.54) is 31.4 Å². The molecular formula is C25H31ClFN6O3+. The van der Waals surface area contributed by atoms with Gasteiger partial charge in [0.2, 0.25) is 5.88 Å². The van der Waals surface area contributed by atoms with E-state index >= 15 is 0 Å². The van der Waals surface area contributed by atoms with E-state index in [0.29, 0.717) is 34.0 Å². The van der Waals surface area contributed by atoms with Gasteiger partial charge in [0.15, 0.2) is 0 Å². The van der Waals surface area contributed by atoms with Gasteiger partial charge < -0.3 is 35.7 Å². The van der Waals surface area contributed by atoms with Gasteiger partial charge in [0.05, 0.1) is 47.1 Å². The maximum atomic E-state index is 14.4. The van der Waals surface area contributed by atoms with Gasteiger partial charge in [-0.05, 0) is 36.4 Å². The van der Waals surface area contributed by atoms with Crippen molar-refractivity contribution in [3.8, 4) is 0 Å². The second kappa shape index (κ2) is 11.3. The molecule has 0 fully saturated rings. The zero-order valence-electron chi connectivity index (χ0n) is 20.7. The van der Waals surface area contributed by atoms with Crippen LogP contribution in [0.3, 0.4) is 0 Å². The number of carbonyl (C=O) groups is 1. The molecule has 0 radical (unpaired) electrons. The van der Waals surface area contributed by atoms with Crippen LogP contribution in [-0.4, -0.2) is 61.8 Å². The molecule has 0 atom stereocenters. The van der Waals surface area contributed by atoms with E-state index in [2.05, 4.69) is 36.4 Å². The average molecular weight is 518 g/mol. The fourth-order valence-electron chi connectivity index (χ4n) is 3.42. The number of anilines is 1. The normalized spacial score (nSPS) is 12.9. The van der Waals surface area contributed by atoms with Gasteiger partial charge in [-0.15, -0.1) is 0 Å². The van der Waals surface area contributed by atoms with Crippen molar-refractivity contribution in [3.63, 3.8) is 0 Å². The number of aromatic amines is 1. The fraction of sp³-hybridized carbons (Fsp3) is 0.280. The summed E-state index contributed by atoms with van der Waals surface area (Å²) in [4.78, 5) is 19.2. The predicted molar refractivity (Wildman–Crippen MR) is 139 cm³/mol. The molecular weight excluding hydrogens is 487 g/mol. The number of pyridine rings is 1. The highest BCUT2D eigenvalue weighted by Gasteiger charge is 2.15. The van der Waals surface area contributed by atoms with Crippen molar-refractivity contribution in [2.24, 2.45) is 11.5 Å². The lowest BCUT2D eigenvalue weighted by molar-refractivity contribution is -0.870. The molecule has 0 aliphatic rings. The van der Waals surface area contributed by atoms with Crippen LogP contribution < -0.4 is 16.8 Å². The molecule has 0 unspecified atom stereocenters. The number of halogens is 2. The Morgan fingerprint density at radius 3 is 2.69 bits per heavy atom. The minimum absolute atomic E-state index is 0.0653. The summed E-state index contributed by atoms with van der Waals surface area (Å²) in [5.41, 5.74) is 14.3. The molecule has 6 N–H and O–H groups in total. The number of aromatic nitrogens is 2. The number of quaternary nitrogens is 1. The fourth-order valence-corrected chi connectivity index (χ4v) is 3.59. The van der Waals surface area contributed by atoms with Gasteiger partial charge in [0.1, 0.15) is 22.9 Å². The molecule has 0 saturated carbocycles. The summed E-state index contributed by atoms with van der Waals surface area (Å²) >= 11 is 6.04. The molecule has 0 amide bonds. The SMILES string of the molecule is COC(=O)c1cc2c(NC(/C=C(\N)c3cc(Cl)ccc3F)=C(/N)OCCC[N+](C)(C)C)ccnc2[nH]1. The van der Waals surface area contributed by atoms with Crippen molar-refractivity contribution in [1.82, 2.24) is 9.97 Å². The van der Waals surface area contributed by atoms with Crippen LogP contribution in [0.1, 0.15) is 22.5 Å². The third kappa shape index (κ3) is 6.89. The van der Waals surface area contributed by atoms with E-state index in [1.807, 2.05) is 0 Å². The van der Waals surface area contributed by atoms with Crippen LogP contribution in [0.2, 0.25) is 5.02 Å². The Morgan fingerprint density at radius 2 is 2.00 bits per heavy atom. The van der Waals surface area contributed by atoms with E-state index in [9.17, 15) is 9.18 Å². The van der Waals surface area contributed by atoms with E-state index < -0.39 is 11.8 Å². The zero-order valence-corrected chi connectivity index (χ0v) is 21.4. The van der Waals surface area contributed by atoms with Crippen molar-refractivity contribution < 1.29 is 23.1 Å². The zero-order chi connectivity index (χ0) is 26.5. The third-order valence-corrected chi connectivity index (χ3v) is 5.48. The molecule has 0 spiro atoms. The molecule has 1 aromatic carbocycles. The number of hydrogen-bond donors (Lipinski definition) is 4. The highest BCUT2D eigenvalue weighted by Crippen LogP contribution is 2.26. The van der Waals surface area contributed by atoms with Gasteiger partial charge in [-0.25, -0.2) is 14.2 Å². The predicted octanol–water partition coefficient (Wildman–Crippen LogP) is 3.79. The smallest absolute Gasteiger partial charge is 0.354 e. The number of methoxy groups -OCH3 is 1. The number of fused-ring (bicyclic) bond motifs is 1. The number of hydrogen-bond acceptors (Lipinski definition) is 7. The lowest BCUT2D eigenvalue weighted by atomic mass is 10.1. The second-order valence-electron chi connectivity index (χ2n) is 9.14. The minimum atomic E-state index is -0.533. The van der Waals surface area contributed by atoms with Gasteiger partial charge in [-0.3, -0.25) is 0 Å². The van der Waals surface area contributed by atoms with Gasteiger partial charge in [0, 0.05) is 34.3 Å². The molecule has 36 heavy (non-hydrogen) atoms. The van der Waals surface area contributed by atoms with Crippen molar-refractivity contribution in [1.29, 1.82) is 0 Å². The third-order valence-electron chi connectivity index (χ3n) is 5.24. The number of ether oxygens (including phenoxy) is 2. The van der Waals surface area contributed by atoms with Crippen molar-refractivity contribution in [3.05, 3.63) is 76.3 Å². The number of nitrogens with zero attached hydrogens (tertiary/aromatic N) is 2. The summed E-state index contributed by atoms with van der Waals surface area (Å²) in [5, 5.41) is 4.13. The number of esters is 1. The van der Waals surface area contributed by atoms with Gasteiger partial charge in [0.25, 0.3) is 0 Å². The molecule has 3 aromatic rings. The summed E-state index contributed by atoms with van der Waals surface area (Å²) < 4.78 is 25.8. The first kappa shape index (κ1) is 26.8. The standard InChI is InChI=1S/C25H30ClFN6O3/c1-33(2,3)10-5-11-36-23(29)21(14-19(28)16-12-15(26)6-7-18(16)27)31-20-8-9-30-24-17(20)13-22(32-24)25(34)35-4/h6-9,12-14H,5,10-11,28-29H2,1-4H3,(H-,30,31,32,34)/p+1/b19-14-,23-21-. The molecule has 0 bridgehead atoms. The maximum absolute atomic E-state index is 14.4. The van der Waals surface area contributed by atoms with E-state index in [4.69, 9.17) is 32.5 Å². The largest absolute Gasteiger partial charge is 0.478 e. The summed E-state index contributed by atoms with van der Waals surface area (Å²) in [6.45, 7) is 1.25. The Balaban J connectivity index is 1.99. The van der Waals surface area contributed by atoms with Crippen LogP contribution in [0.4, 0.5) is 10.1 Å². The quantitative estimate of drug-likeness (QED) is 0.106. The number of carbonyl (C=O) groups excluding carboxylic acids is 1. The second-order valence-corrected chi connectivity index (χ2v) is 9.57. The number of H-pyrrole nitrogens is 1.